The van der Waals surface area contributed by atoms with Crippen molar-refractivity contribution in [1.82, 2.24) is 14.8 Å². The molecule has 1 heterocycles. The van der Waals surface area contributed by atoms with E-state index in [4.69, 9.17) is 0 Å². The zero-order valence-corrected chi connectivity index (χ0v) is 11.4. The van der Waals surface area contributed by atoms with E-state index in [0.717, 1.165) is 25.2 Å². The second-order valence-electron chi connectivity index (χ2n) is 5.36. The first-order valence-corrected chi connectivity index (χ1v) is 6.57. The SMILES string of the molecule is CCC(C)CC(O)Cc1ncnn1CC(C)C. The van der Waals surface area contributed by atoms with Crippen LogP contribution in [-0.2, 0) is 13.0 Å². The average molecular weight is 239 g/mol. The van der Waals surface area contributed by atoms with E-state index in [0.29, 0.717) is 18.3 Å². The lowest BCUT2D eigenvalue weighted by molar-refractivity contribution is 0.140. The Hall–Kier alpha value is -0.900. The summed E-state index contributed by atoms with van der Waals surface area (Å²) in [4.78, 5) is 4.23. The molecule has 1 rings (SSSR count). The summed E-state index contributed by atoms with van der Waals surface area (Å²) >= 11 is 0. The molecule has 0 amide bonds. The minimum atomic E-state index is -0.305. The molecule has 0 aliphatic heterocycles. The van der Waals surface area contributed by atoms with Gasteiger partial charge >= 0.3 is 0 Å². The highest BCUT2D eigenvalue weighted by Gasteiger charge is 2.14. The Morgan fingerprint density at radius 1 is 1.35 bits per heavy atom. The summed E-state index contributed by atoms with van der Waals surface area (Å²) in [5.41, 5.74) is 0. The smallest absolute Gasteiger partial charge is 0.138 e. The monoisotopic (exact) mass is 239 g/mol. The van der Waals surface area contributed by atoms with Crippen molar-refractivity contribution < 1.29 is 5.11 Å². The van der Waals surface area contributed by atoms with Gasteiger partial charge in [0.15, 0.2) is 0 Å². The van der Waals surface area contributed by atoms with Crippen molar-refractivity contribution in [3.8, 4) is 0 Å². The summed E-state index contributed by atoms with van der Waals surface area (Å²) in [6.07, 6.45) is 3.82. The Labute approximate surface area is 104 Å². The van der Waals surface area contributed by atoms with Gasteiger partial charge in [0.05, 0.1) is 6.10 Å². The van der Waals surface area contributed by atoms with Gasteiger partial charge in [0.1, 0.15) is 12.2 Å². The third-order valence-corrected chi connectivity index (χ3v) is 3.02. The van der Waals surface area contributed by atoms with E-state index in [1.165, 1.54) is 0 Å². The van der Waals surface area contributed by atoms with Crippen LogP contribution < -0.4 is 0 Å². The van der Waals surface area contributed by atoms with Crippen molar-refractivity contribution >= 4 is 0 Å². The predicted molar refractivity (Wildman–Crippen MR) is 68.6 cm³/mol. The van der Waals surface area contributed by atoms with Crippen LogP contribution in [0.1, 0.15) is 46.4 Å². The van der Waals surface area contributed by atoms with Gasteiger partial charge in [-0.2, -0.15) is 5.10 Å². The standard InChI is InChI=1S/C13H25N3O/c1-5-11(4)6-12(17)7-13-14-9-15-16(13)8-10(2)3/h9-12,17H,5-8H2,1-4H3. The van der Waals surface area contributed by atoms with Crippen LogP contribution >= 0.6 is 0 Å². The summed E-state index contributed by atoms with van der Waals surface area (Å²) in [6.45, 7) is 9.49. The van der Waals surface area contributed by atoms with Gasteiger partial charge in [-0.25, -0.2) is 9.67 Å². The maximum atomic E-state index is 10.00. The van der Waals surface area contributed by atoms with Crippen LogP contribution in [0.5, 0.6) is 0 Å². The number of aromatic nitrogens is 3. The van der Waals surface area contributed by atoms with Crippen molar-refractivity contribution in [1.29, 1.82) is 0 Å². The lowest BCUT2D eigenvalue weighted by atomic mass is 9.99. The fraction of sp³-hybridized carbons (Fsp3) is 0.846. The van der Waals surface area contributed by atoms with Gasteiger partial charge in [0.25, 0.3) is 0 Å². The van der Waals surface area contributed by atoms with Crippen LogP contribution in [0.15, 0.2) is 6.33 Å². The lowest BCUT2D eigenvalue weighted by Crippen LogP contribution is -2.19. The van der Waals surface area contributed by atoms with E-state index in [1.54, 1.807) is 6.33 Å². The lowest BCUT2D eigenvalue weighted by Gasteiger charge is -2.15. The minimum absolute atomic E-state index is 0.305. The maximum absolute atomic E-state index is 10.00. The predicted octanol–water partition coefficient (Wildman–Crippen LogP) is 2.27. The Balaban J connectivity index is 2.53. The van der Waals surface area contributed by atoms with Crippen molar-refractivity contribution in [3.63, 3.8) is 0 Å². The van der Waals surface area contributed by atoms with Gasteiger partial charge in [-0.15, -0.1) is 0 Å². The van der Waals surface area contributed by atoms with E-state index in [2.05, 4.69) is 37.8 Å². The minimum Gasteiger partial charge on any atom is -0.393 e. The van der Waals surface area contributed by atoms with E-state index in [1.807, 2.05) is 4.68 Å². The van der Waals surface area contributed by atoms with E-state index >= 15 is 0 Å². The molecule has 0 aliphatic carbocycles. The molecule has 2 atom stereocenters. The molecule has 17 heavy (non-hydrogen) atoms. The summed E-state index contributed by atoms with van der Waals surface area (Å²) in [7, 11) is 0. The Morgan fingerprint density at radius 2 is 2.06 bits per heavy atom. The topological polar surface area (TPSA) is 50.9 Å². The highest BCUT2D eigenvalue weighted by Crippen LogP contribution is 2.13. The molecule has 1 aromatic rings. The van der Waals surface area contributed by atoms with Crippen LogP contribution in [0.25, 0.3) is 0 Å². The molecule has 0 saturated heterocycles. The maximum Gasteiger partial charge on any atom is 0.138 e. The molecule has 0 saturated carbocycles. The molecule has 2 unspecified atom stereocenters. The average Bonchev–Trinajstić information content (AvgIpc) is 2.64. The molecular weight excluding hydrogens is 214 g/mol. The Kier molecular flexibility index (Phi) is 5.62. The quantitative estimate of drug-likeness (QED) is 0.794. The molecule has 0 radical (unpaired) electrons. The van der Waals surface area contributed by atoms with Crippen molar-refractivity contribution in [2.24, 2.45) is 11.8 Å². The van der Waals surface area contributed by atoms with Gasteiger partial charge in [-0.3, -0.25) is 0 Å². The van der Waals surface area contributed by atoms with Crippen LogP contribution in [0.4, 0.5) is 0 Å². The molecule has 4 nitrogen and oxygen atoms in total. The summed E-state index contributed by atoms with van der Waals surface area (Å²) in [5, 5.41) is 14.2. The van der Waals surface area contributed by atoms with E-state index in [9.17, 15) is 5.11 Å². The van der Waals surface area contributed by atoms with E-state index < -0.39 is 0 Å². The molecule has 1 N–H and O–H groups in total. The van der Waals surface area contributed by atoms with Gasteiger partial charge in [-0.05, 0) is 18.3 Å². The first-order chi connectivity index (χ1) is 8.02. The summed E-state index contributed by atoms with van der Waals surface area (Å²) < 4.78 is 1.91. The first-order valence-electron chi connectivity index (χ1n) is 6.57. The molecular formula is C13H25N3O. The first kappa shape index (κ1) is 14.2. The molecule has 0 fully saturated rings. The molecule has 4 heteroatoms. The molecule has 0 spiro atoms. The van der Waals surface area contributed by atoms with Crippen molar-refractivity contribution in [2.75, 3.05) is 0 Å². The normalized spacial score (nSPS) is 15.2. The highest BCUT2D eigenvalue weighted by molar-refractivity contribution is 4.88. The fourth-order valence-corrected chi connectivity index (χ4v) is 1.87. The third kappa shape index (κ3) is 4.86. The largest absolute Gasteiger partial charge is 0.393 e. The molecule has 0 bridgehead atoms. The fourth-order valence-electron chi connectivity index (χ4n) is 1.87. The van der Waals surface area contributed by atoms with Crippen LogP contribution in [-0.4, -0.2) is 26.0 Å². The number of aliphatic hydroxyl groups excluding tert-OH is 1. The molecule has 0 aromatic carbocycles. The van der Waals surface area contributed by atoms with Crippen LogP contribution in [0, 0.1) is 11.8 Å². The Bertz CT molecular complexity index is 322. The van der Waals surface area contributed by atoms with Crippen LogP contribution in [0.2, 0.25) is 0 Å². The second-order valence-corrected chi connectivity index (χ2v) is 5.36. The third-order valence-electron chi connectivity index (χ3n) is 3.02. The zero-order chi connectivity index (χ0) is 12.8. The van der Waals surface area contributed by atoms with Crippen LogP contribution in [0.3, 0.4) is 0 Å². The van der Waals surface area contributed by atoms with Gasteiger partial charge in [-0.1, -0.05) is 34.1 Å². The highest BCUT2D eigenvalue weighted by atomic mass is 16.3. The molecule has 0 aliphatic rings. The van der Waals surface area contributed by atoms with E-state index in [-0.39, 0.29) is 6.10 Å². The number of hydrogen-bond donors (Lipinski definition) is 1. The number of nitrogens with zero attached hydrogens (tertiary/aromatic N) is 3. The second kappa shape index (κ2) is 6.74. The summed E-state index contributed by atoms with van der Waals surface area (Å²) in [6, 6.07) is 0. The van der Waals surface area contributed by atoms with Crippen molar-refractivity contribution in [2.45, 2.75) is 59.6 Å². The van der Waals surface area contributed by atoms with Gasteiger partial charge in [0.2, 0.25) is 0 Å². The zero-order valence-electron chi connectivity index (χ0n) is 11.4. The Morgan fingerprint density at radius 3 is 2.65 bits per heavy atom. The van der Waals surface area contributed by atoms with Crippen molar-refractivity contribution in [3.05, 3.63) is 12.2 Å². The molecule has 1 aromatic heterocycles. The number of hydrogen-bond acceptors (Lipinski definition) is 3. The number of aliphatic hydroxyl groups is 1. The summed E-state index contributed by atoms with van der Waals surface area (Å²) in [5.74, 6) is 2.00. The molecule has 98 valence electrons. The number of rotatable bonds is 7. The van der Waals surface area contributed by atoms with Gasteiger partial charge in [0, 0.05) is 13.0 Å². The van der Waals surface area contributed by atoms with Gasteiger partial charge < -0.3 is 5.11 Å².